The fraction of sp³-hybridized carbons (Fsp3) is 0.667. The lowest BCUT2D eigenvalue weighted by Crippen LogP contribution is -2.30. The predicted molar refractivity (Wildman–Crippen MR) is 77.3 cm³/mol. The molecule has 0 spiro atoms. The fourth-order valence-corrected chi connectivity index (χ4v) is 2.59. The van der Waals surface area contributed by atoms with Crippen molar-refractivity contribution < 1.29 is 4.79 Å². The summed E-state index contributed by atoms with van der Waals surface area (Å²) in [6.45, 7) is 4.57. The van der Waals surface area contributed by atoms with Gasteiger partial charge in [-0.3, -0.25) is 4.79 Å². The van der Waals surface area contributed by atoms with Gasteiger partial charge in [0.05, 0.1) is 0 Å². The van der Waals surface area contributed by atoms with E-state index in [2.05, 4.69) is 15.2 Å². The minimum atomic E-state index is 0.000954. The summed E-state index contributed by atoms with van der Waals surface area (Å²) in [5.41, 5.74) is 0.647. The molecule has 106 valence electrons. The monoisotopic (exact) mass is 263 g/mol. The van der Waals surface area contributed by atoms with Gasteiger partial charge in [-0.2, -0.15) is 0 Å². The third-order valence-corrected chi connectivity index (χ3v) is 3.73. The van der Waals surface area contributed by atoms with E-state index in [0.717, 1.165) is 13.0 Å². The van der Waals surface area contributed by atoms with Crippen LogP contribution in [0.25, 0.3) is 0 Å². The highest BCUT2D eigenvalue weighted by Gasteiger charge is 2.09. The molecule has 2 rings (SSSR count). The number of amides is 1. The van der Waals surface area contributed by atoms with Crippen molar-refractivity contribution in [3.63, 3.8) is 0 Å². The van der Waals surface area contributed by atoms with Crippen LogP contribution in [0.1, 0.15) is 49.0 Å². The minimum Gasteiger partial charge on any atom is -0.357 e. The van der Waals surface area contributed by atoms with Gasteiger partial charge in [-0.1, -0.05) is 12.8 Å². The summed E-state index contributed by atoms with van der Waals surface area (Å²) in [4.78, 5) is 17.1. The fourth-order valence-electron chi connectivity index (χ4n) is 2.59. The van der Waals surface area contributed by atoms with Crippen LogP contribution in [-0.2, 0) is 0 Å². The zero-order valence-corrected chi connectivity index (χ0v) is 11.7. The molecule has 0 bridgehead atoms. The van der Waals surface area contributed by atoms with Crippen molar-refractivity contribution >= 4 is 5.91 Å². The lowest BCUT2D eigenvalue weighted by molar-refractivity contribution is 0.0948. The van der Waals surface area contributed by atoms with E-state index in [0.29, 0.717) is 5.69 Å². The third-order valence-electron chi connectivity index (χ3n) is 3.73. The molecular formula is C15H25N3O. The van der Waals surface area contributed by atoms with Crippen molar-refractivity contribution in [3.05, 3.63) is 24.0 Å². The Bertz CT molecular complexity index is 355. The van der Waals surface area contributed by atoms with Crippen molar-refractivity contribution in [2.45, 2.75) is 38.5 Å². The van der Waals surface area contributed by atoms with Crippen LogP contribution < -0.4 is 5.32 Å². The van der Waals surface area contributed by atoms with Crippen molar-refractivity contribution in [1.29, 1.82) is 0 Å². The van der Waals surface area contributed by atoms with E-state index in [1.165, 1.54) is 51.7 Å². The predicted octanol–water partition coefficient (Wildman–Crippen LogP) is 2.40. The van der Waals surface area contributed by atoms with Crippen LogP contribution in [0.2, 0.25) is 0 Å². The van der Waals surface area contributed by atoms with Crippen LogP contribution >= 0.6 is 0 Å². The van der Waals surface area contributed by atoms with E-state index in [-0.39, 0.29) is 5.91 Å². The number of hydrogen-bond acceptors (Lipinski definition) is 2. The highest BCUT2D eigenvalue weighted by molar-refractivity contribution is 5.92. The van der Waals surface area contributed by atoms with Crippen molar-refractivity contribution in [2.75, 3.05) is 26.2 Å². The van der Waals surface area contributed by atoms with Gasteiger partial charge in [-0.05, 0) is 57.5 Å². The number of aromatic nitrogens is 1. The molecule has 1 saturated heterocycles. The van der Waals surface area contributed by atoms with Crippen molar-refractivity contribution in [1.82, 2.24) is 15.2 Å². The van der Waals surface area contributed by atoms with Gasteiger partial charge in [0.2, 0.25) is 0 Å². The largest absolute Gasteiger partial charge is 0.357 e. The summed E-state index contributed by atoms with van der Waals surface area (Å²) in [7, 11) is 0. The van der Waals surface area contributed by atoms with Gasteiger partial charge in [0.15, 0.2) is 0 Å². The number of piperidine rings is 1. The molecule has 0 unspecified atom stereocenters. The van der Waals surface area contributed by atoms with Crippen molar-refractivity contribution in [3.8, 4) is 0 Å². The van der Waals surface area contributed by atoms with Crippen molar-refractivity contribution in [2.24, 2.45) is 0 Å². The molecule has 1 aromatic heterocycles. The Hall–Kier alpha value is -1.29. The van der Waals surface area contributed by atoms with E-state index in [9.17, 15) is 4.79 Å². The molecule has 4 heteroatoms. The summed E-state index contributed by atoms with van der Waals surface area (Å²) in [5.74, 6) is 0.000954. The van der Waals surface area contributed by atoms with Crippen LogP contribution in [0.5, 0.6) is 0 Å². The van der Waals surface area contributed by atoms with Gasteiger partial charge < -0.3 is 15.2 Å². The summed E-state index contributed by atoms with van der Waals surface area (Å²) >= 11 is 0. The van der Waals surface area contributed by atoms with Crippen LogP contribution in [-0.4, -0.2) is 42.0 Å². The van der Waals surface area contributed by atoms with E-state index < -0.39 is 0 Å². The van der Waals surface area contributed by atoms with Gasteiger partial charge in [0.1, 0.15) is 5.69 Å². The van der Waals surface area contributed by atoms with Crippen LogP contribution in [0, 0.1) is 0 Å². The molecule has 1 amide bonds. The molecule has 1 fully saturated rings. The van der Waals surface area contributed by atoms with Gasteiger partial charge in [0, 0.05) is 12.7 Å². The van der Waals surface area contributed by atoms with Gasteiger partial charge in [0.25, 0.3) is 5.91 Å². The third kappa shape index (κ3) is 5.07. The van der Waals surface area contributed by atoms with Gasteiger partial charge in [-0.15, -0.1) is 0 Å². The van der Waals surface area contributed by atoms with E-state index in [4.69, 9.17) is 0 Å². The number of rotatable bonds is 7. The normalized spacial score (nSPS) is 16.4. The Morgan fingerprint density at radius 1 is 1.21 bits per heavy atom. The number of aromatic amines is 1. The standard InChI is InChI=1S/C15H25N3O/c19-15(14-8-7-10-16-14)17-9-3-1-4-11-18-12-5-2-6-13-18/h7-8,10,16H,1-6,9,11-13H2,(H,17,19). The average Bonchev–Trinajstić information content (AvgIpc) is 2.98. The average molecular weight is 263 g/mol. The molecule has 1 aromatic rings. The highest BCUT2D eigenvalue weighted by atomic mass is 16.1. The lowest BCUT2D eigenvalue weighted by atomic mass is 10.1. The summed E-state index contributed by atoms with van der Waals surface area (Å²) in [6.07, 6.45) is 9.42. The Kier molecular flexibility index (Phi) is 5.95. The molecule has 2 N–H and O–H groups in total. The first-order valence-electron chi connectivity index (χ1n) is 7.50. The van der Waals surface area contributed by atoms with Crippen LogP contribution in [0.3, 0.4) is 0 Å². The van der Waals surface area contributed by atoms with E-state index in [1.54, 1.807) is 12.3 Å². The first-order chi connectivity index (χ1) is 9.36. The first-order valence-corrected chi connectivity index (χ1v) is 7.50. The topological polar surface area (TPSA) is 48.1 Å². The van der Waals surface area contributed by atoms with E-state index in [1.807, 2.05) is 6.07 Å². The summed E-state index contributed by atoms with van der Waals surface area (Å²) in [6, 6.07) is 3.64. The number of likely N-dealkylation sites (tertiary alicyclic amines) is 1. The molecule has 1 aliphatic heterocycles. The SMILES string of the molecule is O=C(NCCCCCN1CCCCC1)c1ccc[nH]1. The Morgan fingerprint density at radius 2 is 2.05 bits per heavy atom. The number of hydrogen-bond donors (Lipinski definition) is 2. The number of nitrogens with zero attached hydrogens (tertiary/aromatic N) is 1. The number of carbonyl (C=O) groups excluding carboxylic acids is 1. The molecule has 1 aliphatic rings. The molecule has 0 saturated carbocycles. The second kappa shape index (κ2) is 8.00. The lowest BCUT2D eigenvalue weighted by Gasteiger charge is -2.26. The van der Waals surface area contributed by atoms with Crippen LogP contribution in [0.4, 0.5) is 0 Å². The zero-order valence-electron chi connectivity index (χ0n) is 11.7. The maximum Gasteiger partial charge on any atom is 0.267 e. The molecular weight excluding hydrogens is 238 g/mol. The van der Waals surface area contributed by atoms with Gasteiger partial charge >= 0.3 is 0 Å². The molecule has 2 heterocycles. The molecule has 0 aliphatic carbocycles. The molecule has 0 aromatic carbocycles. The Labute approximate surface area is 115 Å². The molecule has 4 nitrogen and oxygen atoms in total. The Balaban J connectivity index is 1.47. The molecule has 0 atom stereocenters. The first kappa shape index (κ1) is 14.1. The maximum atomic E-state index is 11.6. The summed E-state index contributed by atoms with van der Waals surface area (Å²) in [5, 5.41) is 2.94. The zero-order chi connectivity index (χ0) is 13.3. The van der Waals surface area contributed by atoms with Gasteiger partial charge in [-0.25, -0.2) is 0 Å². The minimum absolute atomic E-state index is 0.000954. The Morgan fingerprint density at radius 3 is 2.79 bits per heavy atom. The van der Waals surface area contributed by atoms with E-state index >= 15 is 0 Å². The number of H-pyrrole nitrogens is 1. The quantitative estimate of drug-likeness (QED) is 0.742. The van der Waals surface area contributed by atoms with Crippen LogP contribution in [0.15, 0.2) is 18.3 Å². The number of carbonyl (C=O) groups is 1. The summed E-state index contributed by atoms with van der Waals surface area (Å²) < 4.78 is 0. The maximum absolute atomic E-state index is 11.6. The number of nitrogens with one attached hydrogen (secondary N) is 2. The number of unbranched alkanes of at least 4 members (excludes halogenated alkanes) is 2. The second-order valence-corrected chi connectivity index (χ2v) is 5.30. The smallest absolute Gasteiger partial charge is 0.267 e. The second-order valence-electron chi connectivity index (χ2n) is 5.30. The molecule has 19 heavy (non-hydrogen) atoms. The molecule has 0 radical (unpaired) electrons. The highest BCUT2D eigenvalue weighted by Crippen LogP contribution is 2.09.